The normalized spacial score (nSPS) is 12.8. The summed E-state index contributed by atoms with van der Waals surface area (Å²) in [4.78, 5) is 0. The molecular weight excluding hydrogens is 208 g/mol. The molecule has 0 aromatic heterocycles. The van der Waals surface area contributed by atoms with E-state index in [9.17, 15) is 8.78 Å². The van der Waals surface area contributed by atoms with Crippen molar-refractivity contribution in [2.45, 2.75) is 39.2 Å². The topological polar surface area (TPSA) is 12.0 Å². The van der Waals surface area contributed by atoms with E-state index in [2.05, 4.69) is 12.2 Å². The Hall–Kier alpha value is -0.960. The molecule has 1 aromatic rings. The van der Waals surface area contributed by atoms with Crippen LogP contribution in [-0.4, -0.2) is 12.6 Å². The number of halogens is 2. The molecule has 0 radical (unpaired) electrons. The second kappa shape index (κ2) is 6.59. The van der Waals surface area contributed by atoms with Crippen molar-refractivity contribution in [3.05, 3.63) is 35.4 Å². The van der Waals surface area contributed by atoms with Crippen LogP contribution in [0.1, 0.15) is 32.3 Å². The highest BCUT2D eigenvalue weighted by molar-refractivity contribution is 5.20. The number of hydrogen-bond donors (Lipinski definition) is 1. The van der Waals surface area contributed by atoms with Gasteiger partial charge in [-0.25, -0.2) is 8.78 Å². The highest BCUT2D eigenvalue weighted by atomic mass is 19.1. The van der Waals surface area contributed by atoms with Gasteiger partial charge in [0.15, 0.2) is 0 Å². The lowest BCUT2D eigenvalue weighted by molar-refractivity contribution is 0.494. The van der Waals surface area contributed by atoms with Crippen LogP contribution in [0.5, 0.6) is 0 Å². The van der Waals surface area contributed by atoms with Gasteiger partial charge in [-0.05, 0) is 38.4 Å². The Balaban J connectivity index is 2.52. The Morgan fingerprint density at radius 1 is 1.25 bits per heavy atom. The number of unbranched alkanes of at least 4 members (excludes halogenated alkanes) is 1. The van der Waals surface area contributed by atoms with Crippen molar-refractivity contribution in [2.24, 2.45) is 0 Å². The van der Waals surface area contributed by atoms with E-state index in [1.54, 1.807) is 0 Å². The van der Waals surface area contributed by atoms with Crippen molar-refractivity contribution in [3.8, 4) is 0 Å². The quantitative estimate of drug-likeness (QED) is 0.735. The van der Waals surface area contributed by atoms with E-state index >= 15 is 0 Å². The number of nitrogens with one attached hydrogen (secondary N) is 1. The SMILES string of the molecule is CCCCNC(C)Cc1c(F)cccc1F. The van der Waals surface area contributed by atoms with Gasteiger partial charge in [0.25, 0.3) is 0 Å². The zero-order valence-electron chi connectivity index (χ0n) is 9.89. The molecular formula is C13H19F2N. The molecule has 0 spiro atoms. The minimum absolute atomic E-state index is 0.0953. The maximum atomic E-state index is 13.3. The van der Waals surface area contributed by atoms with Crippen LogP contribution in [0, 0.1) is 11.6 Å². The smallest absolute Gasteiger partial charge is 0.129 e. The van der Waals surface area contributed by atoms with Crippen LogP contribution in [0.3, 0.4) is 0 Å². The van der Waals surface area contributed by atoms with Crippen LogP contribution < -0.4 is 5.32 Å². The van der Waals surface area contributed by atoms with Crippen molar-refractivity contribution in [1.82, 2.24) is 5.32 Å². The monoisotopic (exact) mass is 227 g/mol. The summed E-state index contributed by atoms with van der Waals surface area (Å²) in [7, 11) is 0. The molecule has 0 aliphatic heterocycles. The number of rotatable bonds is 6. The lowest BCUT2D eigenvalue weighted by Gasteiger charge is -2.14. The minimum atomic E-state index is -0.454. The molecule has 0 saturated heterocycles. The fraction of sp³-hybridized carbons (Fsp3) is 0.538. The van der Waals surface area contributed by atoms with Crippen LogP contribution in [0.4, 0.5) is 8.78 Å². The van der Waals surface area contributed by atoms with Gasteiger partial charge in [0.05, 0.1) is 0 Å². The minimum Gasteiger partial charge on any atom is -0.314 e. The van der Waals surface area contributed by atoms with Crippen LogP contribution in [-0.2, 0) is 6.42 Å². The number of hydrogen-bond acceptors (Lipinski definition) is 1. The molecule has 1 unspecified atom stereocenters. The zero-order valence-corrected chi connectivity index (χ0v) is 9.89. The van der Waals surface area contributed by atoms with Crippen LogP contribution >= 0.6 is 0 Å². The zero-order chi connectivity index (χ0) is 12.0. The lowest BCUT2D eigenvalue weighted by atomic mass is 10.1. The average Bonchev–Trinajstić information content (AvgIpc) is 2.24. The first-order chi connectivity index (χ1) is 7.65. The predicted molar refractivity (Wildman–Crippen MR) is 62.4 cm³/mol. The molecule has 1 atom stereocenters. The molecule has 0 amide bonds. The Bertz CT molecular complexity index is 305. The van der Waals surface area contributed by atoms with Crippen LogP contribution in [0.2, 0.25) is 0 Å². The highest BCUT2D eigenvalue weighted by Crippen LogP contribution is 2.14. The molecule has 0 fully saturated rings. The largest absolute Gasteiger partial charge is 0.314 e. The van der Waals surface area contributed by atoms with Gasteiger partial charge in [-0.3, -0.25) is 0 Å². The van der Waals surface area contributed by atoms with E-state index in [0.29, 0.717) is 6.42 Å². The fourth-order valence-electron chi connectivity index (χ4n) is 1.63. The molecule has 1 aromatic carbocycles. The van der Waals surface area contributed by atoms with Gasteiger partial charge in [0.1, 0.15) is 11.6 Å². The van der Waals surface area contributed by atoms with Crippen molar-refractivity contribution >= 4 is 0 Å². The third-order valence-corrected chi connectivity index (χ3v) is 2.60. The molecule has 0 heterocycles. The Kier molecular flexibility index (Phi) is 5.39. The molecule has 0 bridgehead atoms. The first-order valence-electron chi connectivity index (χ1n) is 5.81. The fourth-order valence-corrected chi connectivity index (χ4v) is 1.63. The van der Waals surface area contributed by atoms with Gasteiger partial charge in [0.2, 0.25) is 0 Å². The summed E-state index contributed by atoms with van der Waals surface area (Å²) in [5, 5.41) is 3.25. The predicted octanol–water partition coefficient (Wildman–Crippen LogP) is 3.29. The molecule has 0 aliphatic carbocycles. The van der Waals surface area contributed by atoms with Gasteiger partial charge in [-0.1, -0.05) is 19.4 Å². The molecule has 90 valence electrons. The van der Waals surface area contributed by atoms with Gasteiger partial charge >= 0.3 is 0 Å². The van der Waals surface area contributed by atoms with E-state index in [0.717, 1.165) is 19.4 Å². The summed E-state index contributed by atoms with van der Waals surface area (Å²) in [6, 6.07) is 4.09. The molecule has 1 N–H and O–H groups in total. The van der Waals surface area contributed by atoms with Gasteiger partial charge in [0, 0.05) is 11.6 Å². The van der Waals surface area contributed by atoms with E-state index < -0.39 is 11.6 Å². The second-order valence-corrected chi connectivity index (χ2v) is 4.11. The highest BCUT2D eigenvalue weighted by Gasteiger charge is 2.11. The third-order valence-electron chi connectivity index (χ3n) is 2.60. The molecule has 0 saturated carbocycles. The maximum absolute atomic E-state index is 13.3. The first-order valence-corrected chi connectivity index (χ1v) is 5.81. The Labute approximate surface area is 95.9 Å². The Morgan fingerprint density at radius 3 is 2.44 bits per heavy atom. The van der Waals surface area contributed by atoms with E-state index in [-0.39, 0.29) is 11.6 Å². The van der Waals surface area contributed by atoms with E-state index in [4.69, 9.17) is 0 Å². The van der Waals surface area contributed by atoms with Gasteiger partial charge < -0.3 is 5.32 Å². The summed E-state index contributed by atoms with van der Waals surface area (Å²) >= 11 is 0. The summed E-state index contributed by atoms with van der Waals surface area (Å²) < 4.78 is 26.7. The maximum Gasteiger partial charge on any atom is 0.129 e. The van der Waals surface area contributed by atoms with Crippen molar-refractivity contribution in [1.29, 1.82) is 0 Å². The van der Waals surface area contributed by atoms with Gasteiger partial charge in [-0.15, -0.1) is 0 Å². The summed E-state index contributed by atoms with van der Waals surface area (Å²) in [6.45, 7) is 4.96. The Morgan fingerprint density at radius 2 is 1.88 bits per heavy atom. The van der Waals surface area contributed by atoms with Crippen molar-refractivity contribution in [2.75, 3.05) is 6.54 Å². The van der Waals surface area contributed by atoms with E-state index in [1.165, 1.54) is 18.2 Å². The molecule has 0 aliphatic rings. The molecule has 16 heavy (non-hydrogen) atoms. The third kappa shape index (κ3) is 3.89. The summed E-state index contributed by atoms with van der Waals surface area (Å²) in [6.07, 6.45) is 2.60. The summed E-state index contributed by atoms with van der Waals surface area (Å²) in [5.41, 5.74) is 0.180. The second-order valence-electron chi connectivity index (χ2n) is 4.11. The van der Waals surface area contributed by atoms with Crippen molar-refractivity contribution in [3.63, 3.8) is 0 Å². The van der Waals surface area contributed by atoms with Crippen LogP contribution in [0.15, 0.2) is 18.2 Å². The lowest BCUT2D eigenvalue weighted by Crippen LogP contribution is -2.29. The summed E-state index contributed by atoms with van der Waals surface area (Å²) in [5.74, 6) is -0.909. The van der Waals surface area contributed by atoms with Crippen molar-refractivity contribution < 1.29 is 8.78 Å². The molecule has 3 heteroatoms. The number of benzene rings is 1. The van der Waals surface area contributed by atoms with Gasteiger partial charge in [-0.2, -0.15) is 0 Å². The molecule has 1 rings (SSSR count). The van der Waals surface area contributed by atoms with E-state index in [1.807, 2.05) is 6.92 Å². The standard InChI is InChI=1S/C13H19F2N/c1-3-4-8-16-10(2)9-11-12(14)6-5-7-13(11)15/h5-7,10,16H,3-4,8-9H2,1-2H3. The molecule has 1 nitrogen and oxygen atoms in total. The van der Waals surface area contributed by atoms with Crippen LogP contribution in [0.25, 0.3) is 0 Å². The average molecular weight is 227 g/mol. The first kappa shape index (κ1) is 13.1.